The van der Waals surface area contributed by atoms with Gasteiger partial charge < -0.3 is 4.74 Å². The molecule has 0 fully saturated rings. The number of benzene rings is 1. The molecule has 0 unspecified atom stereocenters. The van der Waals surface area contributed by atoms with E-state index < -0.39 is 10.0 Å². The van der Waals surface area contributed by atoms with E-state index in [1.165, 1.54) is 0 Å². The molecule has 1 aromatic rings. The van der Waals surface area contributed by atoms with Crippen LogP contribution in [0, 0.1) is 13.8 Å². The number of hydrogen-bond donors (Lipinski definition) is 1. The predicted octanol–water partition coefficient (Wildman–Crippen LogP) is 2.01. The van der Waals surface area contributed by atoms with Gasteiger partial charge in [-0.1, -0.05) is 12.1 Å². The number of aryl methyl sites for hydroxylation is 2. The first kappa shape index (κ1) is 15.1. The summed E-state index contributed by atoms with van der Waals surface area (Å²) in [4.78, 5) is 0.360. The van der Waals surface area contributed by atoms with Crippen molar-refractivity contribution < 1.29 is 13.2 Å². The van der Waals surface area contributed by atoms with Crippen LogP contribution in [0.15, 0.2) is 23.1 Å². The third-order valence-electron chi connectivity index (χ3n) is 2.59. The van der Waals surface area contributed by atoms with Gasteiger partial charge in [-0.25, -0.2) is 13.1 Å². The van der Waals surface area contributed by atoms with Crippen LogP contribution >= 0.6 is 0 Å². The van der Waals surface area contributed by atoms with Crippen LogP contribution in [0.3, 0.4) is 0 Å². The molecule has 102 valence electrons. The van der Waals surface area contributed by atoms with Crippen LogP contribution < -0.4 is 4.72 Å². The topological polar surface area (TPSA) is 55.4 Å². The van der Waals surface area contributed by atoms with Gasteiger partial charge in [0.05, 0.1) is 4.90 Å². The maximum Gasteiger partial charge on any atom is 0.240 e. The van der Waals surface area contributed by atoms with E-state index in [-0.39, 0.29) is 0 Å². The van der Waals surface area contributed by atoms with E-state index in [0.717, 1.165) is 11.1 Å². The molecule has 0 heterocycles. The second kappa shape index (κ2) is 6.87. The highest BCUT2D eigenvalue weighted by Gasteiger charge is 2.15. The summed E-state index contributed by atoms with van der Waals surface area (Å²) in [7, 11) is -3.41. The fourth-order valence-corrected chi connectivity index (χ4v) is 3.00. The SMILES string of the molecule is CCOCCCNS(=O)(=O)c1cc(C)ccc1C. The Balaban J connectivity index is 2.66. The van der Waals surface area contributed by atoms with E-state index >= 15 is 0 Å². The highest BCUT2D eigenvalue weighted by molar-refractivity contribution is 7.89. The lowest BCUT2D eigenvalue weighted by molar-refractivity contribution is 0.146. The Morgan fingerprint density at radius 3 is 2.67 bits per heavy atom. The lowest BCUT2D eigenvalue weighted by Crippen LogP contribution is -2.26. The molecule has 1 N–H and O–H groups in total. The van der Waals surface area contributed by atoms with E-state index in [1.807, 2.05) is 26.0 Å². The van der Waals surface area contributed by atoms with Crippen molar-refractivity contribution in [1.29, 1.82) is 0 Å². The molecule has 0 aliphatic rings. The minimum atomic E-state index is -3.41. The van der Waals surface area contributed by atoms with Gasteiger partial charge >= 0.3 is 0 Å². The molecule has 5 heteroatoms. The van der Waals surface area contributed by atoms with Crippen LogP contribution in [-0.2, 0) is 14.8 Å². The molecule has 1 aromatic carbocycles. The summed E-state index contributed by atoms with van der Waals surface area (Å²) in [5.74, 6) is 0. The highest BCUT2D eigenvalue weighted by Crippen LogP contribution is 2.16. The molecule has 0 aromatic heterocycles. The summed E-state index contributed by atoms with van der Waals surface area (Å²) in [6.07, 6.45) is 0.679. The van der Waals surface area contributed by atoms with Crippen molar-refractivity contribution in [2.45, 2.75) is 32.1 Å². The quantitative estimate of drug-likeness (QED) is 0.772. The van der Waals surface area contributed by atoms with Crippen LogP contribution in [0.1, 0.15) is 24.5 Å². The van der Waals surface area contributed by atoms with Crippen molar-refractivity contribution in [3.63, 3.8) is 0 Å². The summed E-state index contributed by atoms with van der Waals surface area (Å²) in [5, 5.41) is 0. The summed E-state index contributed by atoms with van der Waals surface area (Å²) in [6.45, 7) is 7.23. The molecule has 0 saturated carbocycles. The Kier molecular flexibility index (Phi) is 5.78. The molecule has 0 spiro atoms. The maximum absolute atomic E-state index is 12.1. The number of nitrogens with one attached hydrogen (secondary N) is 1. The van der Waals surface area contributed by atoms with E-state index in [0.29, 0.717) is 31.1 Å². The smallest absolute Gasteiger partial charge is 0.240 e. The predicted molar refractivity (Wildman–Crippen MR) is 72.2 cm³/mol. The Morgan fingerprint density at radius 2 is 2.00 bits per heavy atom. The molecule has 18 heavy (non-hydrogen) atoms. The largest absolute Gasteiger partial charge is 0.382 e. The minimum Gasteiger partial charge on any atom is -0.382 e. The average molecular weight is 271 g/mol. The zero-order valence-corrected chi connectivity index (χ0v) is 12.0. The molecular formula is C13H21NO3S. The monoisotopic (exact) mass is 271 g/mol. The van der Waals surface area contributed by atoms with E-state index in [9.17, 15) is 8.42 Å². The third kappa shape index (κ3) is 4.40. The Labute approximate surface area is 109 Å². The fraction of sp³-hybridized carbons (Fsp3) is 0.538. The van der Waals surface area contributed by atoms with Crippen LogP contribution in [0.5, 0.6) is 0 Å². The minimum absolute atomic E-state index is 0.360. The van der Waals surface area contributed by atoms with Crippen molar-refractivity contribution in [3.05, 3.63) is 29.3 Å². The zero-order valence-electron chi connectivity index (χ0n) is 11.2. The normalized spacial score (nSPS) is 11.7. The van der Waals surface area contributed by atoms with Gasteiger partial charge in [0.25, 0.3) is 0 Å². The molecular weight excluding hydrogens is 250 g/mol. The molecule has 0 aliphatic heterocycles. The molecule has 0 saturated heterocycles. The van der Waals surface area contributed by atoms with E-state index in [1.54, 1.807) is 13.0 Å². The summed E-state index contributed by atoms with van der Waals surface area (Å²) in [6, 6.07) is 5.42. The molecule has 0 bridgehead atoms. The standard InChI is InChI=1S/C13H21NO3S/c1-4-17-9-5-8-14-18(15,16)13-10-11(2)6-7-12(13)3/h6-7,10,14H,4-5,8-9H2,1-3H3. The third-order valence-corrected chi connectivity index (χ3v) is 4.20. The van der Waals surface area contributed by atoms with Crippen LogP contribution in [0.4, 0.5) is 0 Å². The summed E-state index contributed by atoms with van der Waals surface area (Å²) in [5.41, 5.74) is 1.70. The zero-order chi connectivity index (χ0) is 13.6. The summed E-state index contributed by atoms with van der Waals surface area (Å²) >= 11 is 0. The second-order valence-electron chi connectivity index (χ2n) is 4.22. The number of rotatable bonds is 7. The Hall–Kier alpha value is -0.910. The average Bonchev–Trinajstić information content (AvgIpc) is 2.32. The Morgan fingerprint density at radius 1 is 1.28 bits per heavy atom. The molecule has 1 rings (SSSR count). The first-order valence-electron chi connectivity index (χ1n) is 6.12. The number of sulfonamides is 1. The van der Waals surface area contributed by atoms with Gasteiger partial charge in [-0.3, -0.25) is 0 Å². The Bertz CT molecular complexity index is 483. The van der Waals surface area contributed by atoms with Gasteiger partial charge in [0.2, 0.25) is 10.0 Å². The van der Waals surface area contributed by atoms with E-state index in [2.05, 4.69) is 4.72 Å². The highest BCUT2D eigenvalue weighted by atomic mass is 32.2. The first-order chi connectivity index (χ1) is 8.47. The molecule has 4 nitrogen and oxygen atoms in total. The van der Waals surface area contributed by atoms with Gasteiger partial charge in [-0.15, -0.1) is 0 Å². The molecule has 0 atom stereocenters. The van der Waals surface area contributed by atoms with Gasteiger partial charge in [0.15, 0.2) is 0 Å². The molecule has 0 amide bonds. The first-order valence-corrected chi connectivity index (χ1v) is 7.60. The second-order valence-corrected chi connectivity index (χ2v) is 5.95. The van der Waals surface area contributed by atoms with Crippen LogP contribution in [-0.4, -0.2) is 28.2 Å². The molecule has 0 radical (unpaired) electrons. The van der Waals surface area contributed by atoms with Gasteiger partial charge in [-0.2, -0.15) is 0 Å². The summed E-state index contributed by atoms with van der Waals surface area (Å²) < 4.78 is 31.9. The van der Waals surface area contributed by atoms with Crippen LogP contribution in [0.2, 0.25) is 0 Å². The van der Waals surface area contributed by atoms with Crippen molar-refractivity contribution in [1.82, 2.24) is 4.72 Å². The number of ether oxygens (including phenoxy) is 1. The van der Waals surface area contributed by atoms with Gasteiger partial charge in [0.1, 0.15) is 0 Å². The van der Waals surface area contributed by atoms with Crippen molar-refractivity contribution in [2.24, 2.45) is 0 Å². The van der Waals surface area contributed by atoms with Crippen LogP contribution in [0.25, 0.3) is 0 Å². The van der Waals surface area contributed by atoms with E-state index in [4.69, 9.17) is 4.74 Å². The lowest BCUT2D eigenvalue weighted by atomic mass is 10.2. The van der Waals surface area contributed by atoms with Gasteiger partial charge in [-0.05, 0) is 44.4 Å². The lowest BCUT2D eigenvalue weighted by Gasteiger charge is -2.10. The maximum atomic E-state index is 12.1. The fourth-order valence-electron chi connectivity index (χ4n) is 1.60. The van der Waals surface area contributed by atoms with Crippen molar-refractivity contribution in [2.75, 3.05) is 19.8 Å². The molecule has 0 aliphatic carbocycles. The van der Waals surface area contributed by atoms with Crippen molar-refractivity contribution >= 4 is 10.0 Å². The van der Waals surface area contributed by atoms with Gasteiger partial charge in [0, 0.05) is 19.8 Å². The van der Waals surface area contributed by atoms with Crippen molar-refractivity contribution in [3.8, 4) is 0 Å². The number of hydrogen-bond acceptors (Lipinski definition) is 3.